The van der Waals surface area contributed by atoms with Gasteiger partial charge in [-0.2, -0.15) is 18.3 Å². The zero-order valence-electron chi connectivity index (χ0n) is 19.2. The Balaban J connectivity index is 1.66. The highest BCUT2D eigenvalue weighted by atomic mass is 79.9. The lowest BCUT2D eigenvalue weighted by Crippen LogP contribution is -2.20. The average Bonchev–Trinajstić information content (AvgIpc) is 2.86. The van der Waals surface area contributed by atoms with Gasteiger partial charge in [-0.15, -0.1) is 0 Å². The minimum Gasteiger partial charge on any atom is -0.490 e. The summed E-state index contributed by atoms with van der Waals surface area (Å²) in [7, 11) is 0. The van der Waals surface area contributed by atoms with Gasteiger partial charge in [0, 0.05) is 21.3 Å². The van der Waals surface area contributed by atoms with Gasteiger partial charge in [-0.05, 0) is 77.5 Å². The van der Waals surface area contributed by atoms with Crippen LogP contribution in [-0.4, -0.2) is 31.2 Å². The van der Waals surface area contributed by atoms with Gasteiger partial charge >= 0.3 is 6.18 Å². The van der Waals surface area contributed by atoms with Crippen LogP contribution >= 0.6 is 15.9 Å². The van der Waals surface area contributed by atoms with Crippen molar-refractivity contribution in [3.63, 3.8) is 0 Å². The number of hydrogen-bond donors (Lipinski definition) is 2. The van der Waals surface area contributed by atoms with Crippen LogP contribution in [0.4, 0.5) is 23.2 Å². The lowest BCUT2D eigenvalue weighted by atomic mass is 10.1. The Morgan fingerprint density at radius 1 is 1.03 bits per heavy atom. The number of carbonyl (C=O) groups is 2. The molecule has 0 radical (unpaired) electrons. The monoisotopic (exact) mass is 581 g/mol. The number of carbonyl (C=O) groups excluding carboxylic acids is 2. The maximum Gasteiger partial charge on any atom is 0.416 e. The van der Waals surface area contributed by atoms with Crippen molar-refractivity contribution in [1.82, 2.24) is 5.43 Å². The first-order chi connectivity index (χ1) is 17.6. The molecular weight excluding hydrogens is 562 g/mol. The molecule has 37 heavy (non-hydrogen) atoms. The van der Waals surface area contributed by atoms with Gasteiger partial charge in [-0.1, -0.05) is 6.07 Å². The number of rotatable bonds is 9. The topological polar surface area (TPSA) is 89.0 Å². The number of alkyl halides is 3. The molecule has 2 amide bonds. The third-order valence-corrected chi connectivity index (χ3v) is 5.36. The number of ether oxygens (including phenoxy) is 2. The largest absolute Gasteiger partial charge is 0.490 e. The van der Waals surface area contributed by atoms with Crippen LogP contribution in [0.15, 0.2) is 70.2 Å². The molecule has 0 aromatic heterocycles. The summed E-state index contributed by atoms with van der Waals surface area (Å²) in [6.07, 6.45) is -3.31. The normalized spacial score (nSPS) is 11.3. The molecule has 3 aromatic rings. The third-order valence-electron chi connectivity index (χ3n) is 4.67. The van der Waals surface area contributed by atoms with E-state index in [0.29, 0.717) is 15.7 Å². The smallest absolute Gasteiger partial charge is 0.416 e. The first kappa shape index (κ1) is 27.7. The molecule has 12 heteroatoms. The number of hydrazone groups is 1. The Hall–Kier alpha value is -3.93. The van der Waals surface area contributed by atoms with E-state index in [-0.39, 0.29) is 30.3 Å². The van der Waals surface area contributed by atoms with Crippen LogP contribution in [0.25, 0.3) is 0 Å². The quantitative estimate of drug-likeness (QED) is 0.190. The van der Waals surface area contributed by atoms with Crippen molar-refractivity contribution in [2.75, 3.05) is 18.5 Å². The van der Waals surface area contributed by atoms with Crippen LogP contribution < -0.4 is 20.2 Å². The van der Waals surface area contributed by atoms with E-state index in [9.17, 15) is 27.2 Å². The Kier molecular flexibility index (Phi) is 9.23. The van der Waals surface area contributed by atoms with Crippen LogP contribution in [0.1, 0.15) is 28.4 Å². The first-order valence-corrected chi connectivity index (χ1v) is 11.5. The number of hydrogen-bond acceptors (Lipinski definition) is 5. The van der Waals surface area contributed by atoms with Crippen molar-refractivity contribution in [2.45, 2.75) is 13.1 Å². The molecule has 0 atom stereocenters. The minimum atomic E-state index is -4.58. The highest BCUT2D eigenvalue weighted by Gasteiger charge is 2.30. The number of anilines is 1. The fourth-order valence-corrected chi connectivity index (χ4v) is 3.39. The van der Waals surface area contributed by atoms with Crippen LogP contribution in [-0.2, 0) is 11.0 Å². The van der Waals surface area contributed by atoms with Crippen molar-refractivity contribution >= 4 is 39.6 Å². The van der Waals surface area contributed by atoms with E-state index < -0.39 is 29.4 Å². The second kappa shape index (κ2) is 12.3. The summed E-state index contributed by atoms with van der Waals surface area (Å²) in [5.74, 6) is -1.21. The summed E-state index contributed by atoms with van der Waals surface area (Å²) in [5, 5.41) is 6.38. The lowest BCUT2D eigenvalue weighted by molar-refractivity contribution is -0.137. The number of nitrogens with one attached hydrogen (secondary N) is 2. The van der Waals surface area contributed by atoms with Crippen molar-refractivity contribution in [3.05, 3.63) is 87.6 Å². The molecule has 0 saturated carbocycles. The van der Waals surface area contributed by atoms with Gasteiger partial charge in [-0.25, -0.2) is 9.82 Å². The number of halogens is 5. The Morgan fingerprint density at radius 2 is 1.73 bits per heavy atom. The number of nitrogens with zero attached hydrogens (tertiary/aromatic N) is 1. The van der Waals surface area contributed by atoms with Gasteiger partial charge in [0.25, 0.3) is 11.8 Å². The van der Waals surface area contributed by atoms with Crippen LogP contribution in [0, 0.1) is 5.82 Å². The molecule has 7 nitrogen and oxygen atoms in total. The third kappa shape index (κ3) is 8.04. The summed E-state index contributed by atoms with van der Waals surface area (Å²) in [6, 6.07) is 12.3. The Morgan fingerprint density at radius 3 is 2.41 bits per heavy atom. The highest BCUT2D eigenvalue weighted by molar-refractivity contribution is 9.10. The number of amides is 2. The SMILES string of the molecule is CCOc1cc(/C=N\NC(=O)c2cccc(C(F)(F)F)c2)c(Br)cc1OCC(=O)Nc1ccc(F)cc1. The maximum absolute atomic E-state index is 13.0. The molecule has 0 fully saturated rings. The van der Waals surface area contributed by atoms with E-state index in [2.05, 4.69) is 31.8 Å². The summed E-state index contributed by atoms with van der Waals surface area (Å²) < 4.78 is 63.2. The molecule has 0 bridgehead atoms. The summed E-state index contributed by atoms with van der Waals surface area (Å²) in [4.78, 5) is 24.4. The molecule has 0 saturated heterocycles. The fourth-order valence-electron chi connectivity index (χ4n) is 2.97. The Labute approximate surface area is 217 Å². The first-order valence-electron chi connectivity index (χ1n) is 10.7. The van der Waals surface area contributed by atoms with Crippen molar-refractivity contribution in [3.8, 4) is 11.5 Å². The predicted molar refractivity (Wildman–Crippen MR) is 132 cm³/mol. The van der Waals surface area contributed by atoms with Crippen LogP contribution in [0.5, 0.6) is 11.5 Å². The predicted octanol–water partition coefficient (Wildman–Crippen LogP) is 5.79. The van der Waals surface area contributed by atoms with Gasteiger partial charge in [0.05, 0.1) is 18.4 Å². The van der Waals surface area contributed by atoms with Gasteiger partial charge in [0.1, 0.15) is 5.82 Å². The molecule has 3 aromatic carbocycles. The Bertz CT molecular complexity index is 1300. The van der Waals surface area contributed by atoms with Gasteiger partial charge in [-0.3, -0.25) is 9.59 Å². The zero-order valence-corrected chi connectivity index (χ0v) is 20.8. The molecule has 3 rings (SSSR count). The average molecular weight is 582 g/mol. The summed E-state index contributed by atoms with van der Waals surface area (Å²) >= 11 is 3.34. The van der Waals surface area contributed by atoms with Gasteiger partial charge < -0.3 is 14.8 Å². The molecule has 0 unspecified atom stereocenters. The molecule has 0 heterocycles. The van der Waals surface area contributed by atoms with Crippen molar-refractivity contribution in [1.29, 1.82) is 0 Å². The molecule has 0 aliphatic carbocycles. The second-order valence-electron chi connectivity index (χ2n) is 7.37. The lowest BCUT2D eigenvalue weighted by Gasteiger charge is -2.14. The number of benzene rings is 3. The molecule has 0 aliphatic rings. The minimum absolute atomic E-state index is 0.205. The summed E-state index contributed by atoms with van der Waals surface area (Å²) in [6.45, 7) is 1.67. The van der Waals surface area contributed by atoms with E-state index in [1.165, 1.54) is 42.6 Å². The molecule has 2 N–H and O–H groups in total. The van der Waals surface area contributed by atoms with E-state index in [1.54, 1.807) is 13.0 Å². The summed E-state index contributed by atoms with van der Waals surface area (Å²) in [5.41, 5.74) is 1.88. The molecule has 194 valence electrons. The highest BCUT2D eigenvalue weighted by Crippen LogP contribution is 2.33. The fraction of sp³-hybridized carbons (Fsp3) is 0.160. The van der Waals surface area contributed by atoms with Crippen molar-refractivity contribution < 1.29 is 36.6 Å². The van der Waals surface area contributed by atoms with Crippen LogP contribution in [0.3, 0.4) is 0 Å². The molecular formula is C25H20BrF4N3O4. The molecule has 0 aliphatic heterocycles. The maximum atomic E-state index is 13.0. The van der Waals surface area contributed by atoms with E-state index in [0.717, 1.165) is 18.2 Å². The van der Waals surface area contributed by atoms with Crippen LogP contribution in [0.2, 0.25) is 0 Å². The van der Waals surface area contributed by atoms with Gasteiger partial charge in [0.15, 0.2) is 18.1 Å². The van der Waals surface area contributed by atoms with Gasteiger partial charge in [0.2, 0.25) is 0 Å². The zero-order chi connectivity index (χ0) is 27.0. The van der Waals surface area contributed by atoms with E-state index >= 15 is 0 Å². The second-order valence-corrected chi connectivity index (χ2v) is 8.23. The standard InChI is InChI=1S/C25H20BrF4N3O4/c1-2-36-21-11-16(13-31-33-24(35)15-4-3-5-17(10-15)25(28,29)30)20(26)12-22(21)37-14-23(34)32-19-8-6-18(27)7-9-19/h3-13H,2,14H2,1H3,(H,32,34)(H,33,35)/b31-13-. The van der Waals surface area contributed by atoms with Crippen molar-refractivity contribution in [2.24, 2.45) is 5.10 Å². The van der Waals surface area contributed by atoms with E-state index in [1.807, 2.05) is 0 Å². The van der Waals surface area contributed by atoms with E-state index in [4.69, 9.17) is 9.47 Å². The molecule has 0 spiro atoms.